The normalized spacial score (nSPS) is 10.6. The number of ether oxygens (including phenoxy) is 1. The van der Waals surface area contributed by atoms with E-state index in [1.807, 2.05) is 6.92 Å². The van der Waals surface area contributed by atoms with E-state index >= 15 is 0 Å². The number of hydrazone groups is 1. The van der Waals surface area contributed by atoms with Crippen molar-refractivity contribution in [3.8, 4) is 5.75 Å². The van der Waals surface area contributed by atoms with Crippen molar-refractivity contribution in [3.63, 3.8) is 0 Å². The second kappa shape index (κ2) is 7.32. The lowest BCUT2D eigenvalue weighted by Gasteiger charge is -2.07. The van der Waals surface area contributed by atoms with Gasteiger partial charge in [-0.3, -0.25) is 14.9 Å². The van der Waals surface area contributed by atoms with Crippen LogP contribution in [0.3, 0.4) is 0 Å². The summed E-state index contributed by atoms with van der Waals surface area (Å²) in [6.45, 7) is 2.28. The van der Waals surface area contributed by atoms with Crippen LogP contribution in [0.25, 0.3) is 0 Å². The molecule has 1 aromatic heterocycles. The minimum Gasteiger partial charge on any atom is -0.493 e. The zero-order chi connectivity index (χ0) is 15.9. The molecule has 2 rings (SSSR count). The molecule has 0 saturated carbocycles. The van der Waals surface area contributed by atoms with Gasteiger partial charge in [-0.2, -0.15) is 5.10 Å². The molecule has 8 heteroatoms. The molecule has 0 aliphatic rings. The Morgan fingerprint density at radius 2 is 2.18 bits per heavy atom. The molecule has 1 N–H and O–H groups in total. The number of carbonyl (C=O) groups is 1. The van der Waals surface area contributed by atoms with Crippen molar-refractivity contribution in [3.05, 3.63) is 57.0 Å². The van der Waals surface area contributed by atoms with E-state index in [9.17, 15) is 14.9 Å². The first-order valence-electron chi connectivity index (χ1n) is 6.41. The number of rotatable bonds is 6. The van der Waals surface area contributed by atoms with Gasteiger partial charge in [0, 0.05) is 6.07 Å². The lowest BCUT2D eigenvalue weighted by atomic mass is 10.2. The molecule has 0 aliphatic carbocycles. The summed E-state index contributed by atoms with van der Waals surface area (Å²) in [6, 6.07) is 9.78. The number of hydrogen-bond donors (Lipinski definition) is 1. The van der Waals surface area contributed by atoms with Crippen LogP contribution in [-0.2, 0) is 0 Å². The Bertz CT molecular complexity index is 712. The molecule has 0 bridgehead atoms. The van der Waals surface area contributed by atoms with Crippen LogP contribution in [0.2, 0.25) is 0 Å². The monoisotopic (exact) mass is 319 g/mol. The summed E-state index contributed by atoms with van der Waals surface area (Å²) in [5.41, 5.74) is 2.75. The lowest BCUT2D eigenvalue weighted by Crippen LogP contribution is -2.18. The number of benzene rings is 1. The first-order valence-corrected chi connectivity index (χ1v) is 7.23. The predicted octanol–water partition coefficient (Wildman–Crippen LogP) is 2.82. The summed E-state index contributed by atoms with van der Waals surface area (Å²) in [6.07, 6.45) is 1.36. The molecule has 0 fully saturated rings. The molecule has 0 aliphatic heterocycles. The predicted molar refractivity (Wildman–Crippen MR) is 83.6 cm³/mol. The van der Waals surface area contributed by atoms with E-state index in [1.165, 1.54) is 12.3 Å². The fourth-order valence-corrected chi connectivity index (χ4v) is 2.35. The number of amides is 1. The SMILES string of the molecule is CCOc1ccccc1C(=O)N/N=C/c1ccc([N+](=O)[O-])s1. The summed E-state index contributed by atoms with van der Waals surface area (Å²) < 4.78 is 5.37. The standard InChI is InChI=1S/C14H13N3O4S/c1-2-21-12-6-4-3-5-11(12)14(18)16-15-9-10-7-8-13(22-10)17(19)20/h3-9H,2H2,1H3,(H,16,18)/b15-9+. The van der Waals surface area contributed by atoms with E-state index in [1.54, 1.807) is 30.3 Å². The summed E-state index contributed by atoms with van der Waals surface area (Å²) in [5.74, 6) is 0.0656. The van der Waals surface area contributed by atoms with Gasteiger partial charge in [-0.05, 0) is 25.1 Å². The smallest absolute Gasteiger partial charge is 0.324 e. The Hall–Kier alpha value is -2.74. The number of carbonyl (C=O) groups excluding carboxylic acids is 1. The van der Waals surface area contributed by atoms with Crippen LogP contribution in [0.15, 0.2) is 41.5 Å². The van der Waals surface area contributed by atoms with E-state index in [2.05, 4.69) is 10.5 Å². The van der Waals surface area contributed by atoms with E-state index in [4.69, 9.17) is 4.74 Å². The maximum Gasteiger partial charge on any atom is 0.324 e. The van der Waals surface area contributed by atoms with E-state index < -0.39 is 10.8 Å². The molecule has 0 saturated heterocycles. The largest absolute Gasteiger partial charge is 0.493 e. The third-order valence-corrected chi connectivity index (χ3v) is 3.55. The number of nitro groups is 1. The van der Waals surface area contributed by atoms with Crippen molar-refractivity contribution < 1.29 is 14.5 Å². The van der Waals surface area contributed by atoms with Crippen LogP contribution < -0.4 is 10.2 Å². The molecule has 0 unspecified atom stereocenters. The van der Waals surface area contributed by atoms with Gasteiger partial charge in [0.2, 0.25) is 0 Å². The van der Waals surface area contributed by atoms with E-state index in [0.717, 1.165) is 11.3 Å². The first kappa shape index (κ1) is 15.6. The molecule has 2 aromatic rings. The topological polar surface area (TPSA) is 93.8 Å². The fraction of sp³-hybridized carbons (Fsp3) is 0.143. The Labute approximate surface area is 130 Å². The third-order valence-electron chi connectivity index (χ3n) is 2.58. The van der Waals surface area contributed by atoms with Gasteiger partial charge < -0.3 is 4.74 Å². The maximum atomic E-state index is 12.0. The van der Waals surface area contributed by atoms with Crippen LogP contribution in [0.5, 0.6) is 5.75 Å². The highest BCUT2D eigenvalue weighted by Gasteiger charge is 2.11. The van der Waals surface area contributed by atoms with Gasteiger partial charge in [-0.25, -0.2) is 5.43 Å². The molecule has 1 heterocycles. The number of para-hydroxylation sites is 1. The molecule has 22 heavy (non-hydrogen) atoms. The lowest BCUT2D eigenvalue weighted by molar-refractivity contribution is -0.380. The van der Waals surface area contributed by atoms with Crippen molar-refractivity contribution in [2.45, 2.75) is 6.92 Å². The molecular weight excluding hydrogens is 306 g/mol. The molecule has 1 amide bonds. The average molecular weight is 319 g/mol. The molecular formula is C14H13N3O4S. The van der Waals surface area contributed by atoms with Crippen molar-refractivity contribution in [2.24, 2.45) is 5.10 Å². The van der Waals surface area contributed by atoms with Gasteiger partial charge in [0.15, 0.2) is 0 Å². The molecule has 0 radical (unpaired) electrons. The van der Waals surface area contributed by atoms with Crippen LogP contribution in [0.4, 0.5) is 5.00 Å². The molecule has 114 valence electrons. The second-order valence-corrected chi connectivity index (χ2v) is 5.16. The fourth-order valence-electron chi connectivity index (χ4n) is 1.66. The van der Waals surface area contributed by atoms with Gasteiger partial charge in [0.1, 0.15) is 5.75 Å². The third kappa shape index (κ3) is 3.89. The van der Waals surface area contributed by atoms with Gasteiger partial charge in [-0.1, -0.05) is 23.5 Å². The number of hydrogen-bond acceptors (Lipinski definition) is 6. The van der Waals surface area contributed by atoms with Crippen LogP contribution in [0, 0.1) is 10.1 Å². The van der Waals surface area contributed by atoms with Crippen LogP contribution >= 0.6 is 11.3 Å². The molecule has 0 spiro atoms. The highest BCUT2D eigenvalue weighted by molar-refractivity contribution is 7.16. The Morgan fingerprint density at radius 3 is 2.86 bits per heavy atom. The van der Waals surface area contributed by atoms with Crippen molar-refractivity contribution in [1.29, 1.82) is 0 Å². The molecule has 0 atom stereocenters. The maximum absolute atomic E-state index is 12.0. The van der Waals surface area contributed by atoms with Gasteiger partial charge >= 0.3 is 5.00 Å². The summed E-state index contributed by atoms with van der Waals surface area (Å²) in [5, 5.41) is 14.4. The number of nitrogens with one attached hydrogen (secondary N) is 1. The first-order chi connectivity index (χ1) is 10.6. The number of nitrogens with zero attached hydrogens (tertiary/aromatic N) is 2. The molecule has 7 nitrogen and oxygen atoms in total. The second-order valence-electron chi connectivity index (χ2n) is 4.06. The Kier molecular flexibility index (Phi) is 5.21. The van der Waals surface area contributed by atoms with Crippen molar-refractivity contribution in [2.75, 3.05) is 6.61 Å². The van der Waals surface area contributed by atoms with E-state index in [0.29, 0.717) is 22.8 Å². The zero-order valence-corrected chi connectivity index (χ0v) is 12.5. The van der Waals surface area contributed by atoms with Crippen molar-refractivity contribution in [1.82, 2.24) is 5.43 Å². The minimum absolute atomic E-state index is 0.0227. The zero-order valence-electron chi connectivity index (χ0n) is 11.7. The van der Waals surface area contributed by atoms with E-state index in [-0.39, 0.29) is 5.00 Å². The summed E-state index contributed by atoms with van der Waals surface area (Å²) >= 11 is 0.975. The minimum atomic E-state index is -0.473. The molecule has 1 aromatic carbocycles. The highest BCUT2D eigenvalue weighted by Crippen LogP contribution is 2.22. The quantitative estimate of drug-likeness (QED) is 0.503. The van der Waals surface area contributed by atoms with Gasteiger partial charge in [0.05, 0.1) is 28.2 Å². The summed E-state index contributed by atoms with van der Waals surface area (Å²) in [4.78, 5) is 22.7. The Morgan fingerprint density at radius 1 is 1.41 bits per heavy atom. The summed E-state index contributed by atoms with van der Waals surface area (Å²) in [7, 11) is 0. The van der Waals surface area contributed by atoms with Gasteiger partial charge in [-0.15, -0.1) is 0 Å². The highest BCUT2D eigenvalue weighted by atomic mass is 32.1. The van der Waals surface area contributed by atoms with Gasteiger partial charge in [0.25, 0.3) is 5.91 Å². The van der Waals surface area contributed by atoms with Crippen molar-refractivity contribution >= 4 is 28.5 Å². The van der Waals surface area contributed by atoms with Crippen LogP contribution in [0.1, 0.15) is 22.2 Å². The Balaban J connectivity index is 2.03. The van der Waals surface area contributed by atoms with Crippen LogP contribution in [-0.4, -0.2) is 23.7 Å². The average Bonchev–Trinajstić information content (AvgIpc) is 2.97. The number of thiophene rings is 1.